The molecule has 1 saturated heterocycles. The van der Waals surface area contributed by atoms with Gasteiger partial charge in [0.25, 0.3) is 0 Å². The minimum atomic E-state index is -0.743. The Morgan fingerprint density at radius 3 is 2.85 bits per heavy atom. The van der Waals surface area contributed by atoms with E-state index in [0.29, 0.717) is 37.0 Å². The summed E-state index contributed by atoms with van der Waals surface area (Å²) >= 11 is 0. The van der Waals surface area contributed by atoms with Crippen molar-refractivity contribution >= 4 is 12.1 Å². The van der Waals surface area contributed by atoms with Crippen LogP contribution in [-0.4, -0.2) is 34.5 Å². The Bertz CT molecular complexity index is 700. The number of ketones is 1. The van der Waals surface area contributed by atoms with E-state index in [1.54, 1.807) is 6.08 Å². The Balaban J connectivity index is 1.52. The molecule has 0 bridgehead atoms. The number of aliphatic hydroxyl groups is 1. The average molecular weight is 358 g/mol. The second-order valence-corrected chi connectivity index (χ2v) is 10.1. The van der Waals surface area contributed by atoms with Crippen molar-refractivity contribution in [1.82, 2.24) is 0 Å². The molecule has 0 aromatic carbocycles. The molecule has 5 aliphatic rings. The first-order valence-corrected chi connectivity index (χ1v) is 10.4. The van der Waals surface area contributed by atoms with E-state index in [-0.39, 0.29) is 28.3 Å². The maximum Gasteiger partial charge on any atom is 0.155 e. The molecular weight excluding hydrogens is 328 g/mol. The molecule has 0 aromatic rings. The van der Waals surface area contributed by atoms with Crippen LogP contribution in [0, 0.1) is 28.6 Å². The highest BCUT2D eigenvalue weighted by molar-refractivity contribution is 5.91. The van der Waals surface area contributed by atoms with Crippen LogP contribution in [0.2, 0.25) is 0 Å². The molecule has 1 N–H and O–H groups in total. The maximum atomic E-state index is 12.0. The quantitative estimate of drug-likeness (QED) is 0.621. The molecule has 26 heavy (non-hydrogen) atoms. The van der Waals surface area contributed by atoms with E-state index >= 15 is 0 Å². The van der Waals surface area contributed by atoms with Crippen LogP contribution in [0.1, 0.15) is 65.2 Å². The van der Waals surface area contributed by atoms with E-state index in [1.807, 2.05) is 0 Å². The predicted molar refractivity (Wildman–Crippen MR) is 96.4 cm³/mol. The summed E-state index contributed by atoms with van der Waals surface area (Å²) in [6.07, 6.45) is 11.6. The third-order valence-corrected chi connectivity index (χ3v) is 9.41. The summed E-state index contributed by atoms with van der Waals surface area (Å²) in [5, 5.41) is 11.5. The second kappa shape index (κ2) is 5.08. The summed E-state index contributed by atoms with van der Waals surface area (Å²) in [4.78, 5) is 22.9. The highest BCUT2D eigenvalue weighted by atomic mass is 16.6. The van der Waals surface area contributed by atoms with Gasteiger partial charge in [-0.1, -0.05) is 19.9 Å². The zero-order chi connectivity index (χ0) is 18.4. The van der Waals surface area contributed by atoms with Gasteiger partial charge >= 0.3 is 0 Å². The van der Waals surface area contributed by atoms with Crippen molar-refractivity contribution in [1.29, 1.82) is 0 Å². The fraction of sp³-hybridized carbons (Fsp3) is 0.818. The molecule has 1 spiro atoms. The molecule has 8 atom stereocenters. The lowest BCUT2D eigenvalue weighted by molar-refractivity contribution is -0.132. The topological polar surface area (TPSA) is 66.9 Å². The first kappa shape index (κ1) is 17.1. The number of fused-ring (bicyclic) bond motifs is 3. The molecule has 1 heterocycles. The molecule has 0 amide bonds. The third kappa shape index (κ3) is 1.78. The van der Waals surface area contributed by atoms with E-state index in [2.05, 4.69) is 19.9 Å². The first-order valence-electron chi connectivity index (χ1n) is 10.4. The summed E-state index contributed by atoms with van der Waals surface area (Å²) in [5.41, 5.74) is -1.10. The predicted octanol–water partition coefficient (Wildman–Crippen LogP) is 3.22. The Morgan fingerprint density at radius 2 is 2.08 bits per heavy atom. The van der Waals surface area contributed by atoms with Gasteiger partial charge in [0.15, 0.2) is 5.78 Å². The van der Waals surface area contributed by atoms with Gasteiger partial charge in [-0.2, -0.15) is 0 Å². The fourth-order valence-electron chi connectivity index (χ4n) is 7.89. The number of rotatable bonds is 3. The van der Waals surface area contributed by atoms with Crippen molar-refractivity contribution in [3.63, 3.8) is 0 Å². The Labute approximate surface area is 155 Å². The summed E-state index contributed by atoms with van der Waals surface area (Å²) in [7, 11) is 0. The number of ether oxygens (including phenoxy) is 1. The molecule has 0 aromatic heterocycles. The average Bonchev–Trinajstić information content (AvgIpc) is 3.26. The van der Waals surface area contributed by atoms with Gasteiger partial charge in [-0.3, -0.25) is 4.79 Å². The molecule has 0 radical (unpaired) electrons. The number of epoxide rings is 1. The molecule has 4 fully saturated rings. The normalized spacial score (nSPS) is 57.0. The van der Waals surface area contributed by atoms with Gasteiger partial charge in [-0.15, -0.1) is 0 Å². The Morgan fingerprint density at radius 1 is 1.27 bits per heavy atom. The van der Waals surface area contributed by atoms with Gasteiger partial charge in [0.1, 0.15) is 11.9 Å². The highest BCUT2D eigenvalue weighted by Crippen LogP contribution is 2.76. The molecule has 4 nitrogen and oxygen atoms in total. The maximum absolute atomic E-state index is 12.0. The highest BCUT2D eigenvalue weighted by Gasteiger charge is 2.80. The van der Waals surface area contributed by atoms with Crippen molar-refractivity contribution in [3.8, 4) is 0 Å². The van der Waals surface area contributed by atoms with Crippen LogP contribution in [0.25, 0.3) is 0 Å². The molecule has 3 saturated carbocycles. The van der Waals surface area contributed by atoms with Gasteiger partial charge in [0.2, 0.25) is 0 Å². The van der Waals surface area contributed by atoms with Crippen LogP contribution < -0.4 is 0 Å². The lowest BCUT2D eigenvalue weighted by Crippen LogP contribution is -2.61. The number of hydrogen-bond acceptors (Lipinski definition) is 4. The van der Waals surface area contributed by atoms with Gasteiger partial charge in [-0.05, 0) is 62.4 Å². The molecular formula is C22H30O4. The van der Waals surface area contributed by atoms with Crippen LogP contribution in [0.3, 0.4) is 0 Å². The van der Waals surface area contributed by atoms with Gasteiger partial charge < -0.3 is 14.6 Å². The van der Waals surface area contributed by atoms with Crippen LogP contribution in [0.15, 0.2) is 12.2 Å². The van der Waals surface area contributed by atoms with E-state index in [0.717, 1.165) is 38.4 Å². The first-order chi connectivity index (χ1) is 12.3. The second-order valence-electron chi connectivity index (χ2n) is 10.1. The minimum Gasteiger partial charge on any atom is -0.389 e. The lowest BCUT2D eigenvalue weighted by atomic mass is 9.45. The number of allylic oxidation sites excluding steroid dienone is 1. The molecule has 4 heteroatoms. The Hall–Kier alpha value is -1.00. The van der Waals surface area contributed by atoms with Crippen molar-refractivity contribution in [2.75, 3.05) is 0 Å². The van der Waals surface area contributed by atoms with Gasteiger partial charge in [-0.25, -0.2) is 0 Å². The number of carbonyl (C=O) groups excluding carboxylic acids is 2. The fourth-order valence-corrected chi connectivity index (χ4v) is 7.89. The standard InChI is InChI=1S/C22H30O4/c1-19-9-6-15(24)12-14(19)4-5-17-16-7-10-21(25,8-3-11-23)20(16,2)13-18-22(17,19)26-18/h6,9,11,14,16-18,25H,3-5,7-8,10,12-13H2,1-2H3/t14?,16-,17-,18?,19-,20-,21+,22-/m0/s1. The lowest BCUT2D eigenvalue weighted by Gasteiger charge is -2.57. The van der Waals surface area contributed by atoms with Crippen LogP contribution >= 0.6 is 0 Å². The zero-order valence-corrected chi connectivity index (χ0v) is 15.9. The van der Waals surface area contributed by atoms with Crippen LogP contribution in [0.5, 0.6) is 0 Å². The molecule has 142 valence electrons. The minimum absolute atomic E-state index is 0.0562. The van der Waals surface area contributed by atoms with E-state index in [9.17, 15) is 14.7 Å². The number of hydrogen-bond donors (Lipinski definition) is 1. The van der Waals surface area contributed by atoms with Crippen molar-refractivity contribution in [2.24, 2.45) is 28.6 Å². The van der Waals surface area contributed by atoms with Crippen LogP contribution in [0.4, 0.5) is 0 Å². The van der Waals surface area contributed by atoms with Crippen molar-refractivity contribution in [2.45, 2.75) is 82.5 Å². The van der Waals surface area contributed by atoms with Crippen LogP contribution in [-0.2, 0) is 14.3 Å². The Kier molecular flexibility index (Phi) is 3.34. The molecule has 1 aliphatic heterocycles. The third-order valence-electron chi connectivity index (χ3n) is 9.41. The van der Waals surface area contributed by atoms with Crippen molar-refractivity contribution in [3.05, 3.63) is 12.2 Å². The number of aldehydes is 1. The zero-order valence-electron chi connectivity index (χ0n) is 15.9. The summed E-state index contributed by atoms with van der Waals surface area (Å²) < 4.78 is 6.53. The van der Waals surface area contributed by atoms with E-state index in [4.69, 9.17) is 4.74 Å². The molecule has 4 aliphatic carbocycles. The van der Waals surface area contributed by atoms with Crippen molar-refractivity contribution < 1.29 is 19.4 Å². The largest absolute Gasteiger partial charge is 0.389 e. The van der Waals surface area contributed by atoms with E-state index in [1.165, 1.54) is 0 Å². The summed E-state index contributed by atoms with van der Waals surface area (Å²) in [5.74, 6) is 1.54. The van der Waals surface area contributed by atoms with Gasteiger partial charge in [0.05, 0.1) is 11.7 Å². The summed E-state index contributed by atoms with van der Waals surface area (Å²) in [6.45, 7) is 4.55. The van der Waals surface area contributed by atoms with Gasteiger partial charge in [0, 0.05) is 23.7 Å². The smallest absolute Gasteiger partial charge is 0.155 e. The molecule has 2 unspecified atom stereocenters. The molecule has 5 rings (SSSR count). The SMILES string of the molecule is C[C@]12C=CC(=O)CC1CC[C@H]1[C@@H]3CC[C@](O)(CCC=O)[C@@]3(C)CC3O[C@]312. The monoisotopic (exact) mass is 358 g/mol. The number of carbonyl (C=O) groups is 2. The van der Waals surface area contributed by atoms with E-state index < -0.39 is 5.60 Å². The summed E-state index contributed by atoms with van der Waals surface area (Å²) in [6, 6.07) is 0.